The molecule has 0 bridgehead atoms. The maximum atomic E-state index is 13.6. The summed E-state index contributed by atoms with van der Waals surface area (Å²) in [6.45, 7) is 8.52. The fourth-order valence-corrected chi connectivity index (χ4v) is 4.86. The van der Waals surface area contributed by atoms with E-state index in [9.17, 15) is 9.50 Å². The molecule has 4 heterocycles. The number of anilines is 2. The molecule has 1 N–H and O–H groups in total. The zero-order chi connectivity index (χ0) is 23.5. The van der Waals surface area contributed by atoms with Crippen molar-refractivity contribution in [3.05, 3.63) is 59.9 Å². The van der Waals surface area contributed by atoms with E-state index in [0.717, 1.165) is 87.2 Å². The Morgan fingerprint density at radius 2 is 1.63 bits per heavy atom. The van der Waals surface area contributed by atoms with Gasteiger partial charge in [-0.05, 0) is 43.9 Å². The number of aliphatic hydroxyl groups excluding tert-OH is 1. The lowest BCUT2D eigenvalue weighted by Gasteiger charge is -2.38. The molecule has 0 aliphatic carbocycles. The standard InChI is InChI=1S/C25H32FN7O.ClH/c1-19-21(17-33(29-19)23-4-2-3-22(26)15-23)16-30-11-13-32(14-12-30)25-24(27-7-8-28-25)31-9-5-20(18-34)6-10-31;/h2-4,7-8,15,17,20,34H,5-6,9-14,16,18H2,1H3;1H. The second kappa shape index (κ2) is 11.3. The molecule has 2 aromatic heterocycles. The number of benzene rings is 1. The van der Waals surface area contributed by atoms with Gasteiger partial charge in [0.1, 0.15) is 5.82 Å². The van der Waals surface area contributed by atoms with Crippen LogP contribution in [0.2, 0.25) is 0 Å². The summed E-state index contributed by atoms with van der Waals surface area (Å²) in [5.74, 6) is 2.05. The summed E-state index contributed by atoms with van der Waals surface area (Å²) < 4.78 is 15.4. The summed E-state index contributed by atoms with van der Waals surface area (Å²) in [4.78, 5) is 16.4. The maximum absolute atomic E-state index is 13.6. The molecule has 0 saturated carbocycles. The summed E-state index contributed by atoms with van der Waals surface area (Å²) in [5, 5.41) is 14.0. The van der Waals surface area contributed by atoms with Crippen LogP contribution in [-0.2, 0) is 6.54 Å². The van der Waals surface area contributed by atoms with E-state index >= 15 is 0 Å². The van der Waals surface area contributed by atoms with Crippen LogP contribution in [0.15, 0.2) is 42.9 Å². The van der Waals surface area contributed by atoms with Gasteiger partial charge in [-0.2, -0.15) is 5.10 Å². The molecule has 2 fully saturated rings. The van der Waals surface area contributed by atoms with Crippen molar-refractivity contribution < 1.29 is 9.50 Å². The number of piperazine rings is 1. The van der Waals surface area contributed by atoms with Crippen molar-refractivity contribution in [3.8, 4) is 5.69 Å². The molecule has 0 radical (unpaired) electrons. The van der Waals surface area contributed by atoms with E-state index in [1.54, 1.807) is 23.1 Å². The number of aromatic nitrogens is 4. The highest BCUT2D eigenvalue weighted by molar-refractivity contribution is 5.85. The van der Waals surface area contributed by atoms with Crippen LogP contribution in [0.1, 0.15) is 24.1 Å². The topological polar surface area (TPSA) is 73.6 Å². The van der Waals surface area contributed by atoms with E-state index in [1.165, 1.54) is 12.1 Å². The Kier molecular flexibility index (Phi) is 8.20. The summed E-state index contributed by atoms with van der Waals surface area (Å²) in [5.41, 5.74) is 2.86. The van der Waals surface area contributed by atoms with E-state index in [0.29, 0.717) is 5.92 Å². The quantitative estimate of drug-likeness (QED) is 0.556. The SMILES string of the molecule is Cc1nn(-c2cccc(F)c2)cc1CN1CCN(c2nccnc2N2CCC(CO)CC2)CC1.Cl. The van der Waals surface area contributed by atoms with Crippen molar-refractivity contribution in [2.45, 2.75) is 26.3 Å². The maximum Gasteiger partial charge on any atom is 0.172 e. The Labute approximate surface area is 211 Å². The zero-order valence-electron chi connectivity index (χ0n) is 20.1. The van der Waals surface area contributed by atoms with E-state index in [-0.39, 0.29) is 24.8 Å². The first kappa shape index (κ1) is 25.3. The van der Waals surface area contributed by atoms with Crippen LogP contribution in [0.3, 0.4) is 0 Å². The molecule has 2 aliphatic heterocycles. The van der Waals surface area contributed by atoms with Gasteiger partial charge in [0.15, 0.2) is 11.6 Å². The molecule has 1 aromatic carbocycles. The van der Waals surface area contributed by atoms with E-state index in [2.05, 4.69) is 24.8 Å². The van der Waals surface area contributed by atoms with Crippen LogP contribution in [0, 0.1) is 18.7 Å². The van der Waals surface area contributed by atoms with Crippen molar-refractivity contribution >= 4 is 24.0 Å². The molecular weight excluding hydrogens is 469 g/mol. The van der Waals surface area contributed by atoms with Crippen LogP contribution >= 0.6 is 12.4 Å². The summed E-state index contributed by atoms with van der Waals surface area (Å²) in [7, 11) is 0. The summed E-state index contributed by atoms with van der Waals surface area (Å²) >= 11 is 0. The predicted octanol–water partition coefficient (Wildman–Crippen LogP) is 3.06. The number of rotatable bonds is 6. The second-order valence-electron chi connectivity index (χ2n) is 9.24. The van der Waals surface area contributed by atoms with Crippen LogP contribution in [-0.4, -0.2) is 75.6 Å². The van der Waals surface area contributed by atoms with Gasteiger partial charge in [0.25, 0.3) is 0 Å². The van der Waals surface area contributed by atoms with Crippen molar-refractivity contribution in [3.63, 3.8) is 0 Å². The Morgan fingerprint density at radius 1 is 0.971 bits per heavy atom. The first-order chi connectivity index (χ1) is 16.6. The van der Waals surface area contributed by atoms with Gasteiger partial charge in [0, 0.05) is 76.6 Å². The van der Waals surface area contributed by atoms with Gasteiger partial charge in [0.05, 0.1) is 11.4 Å². The molecular formula is C25H33ClFN7O. The Morgan fingerprint density at radius 3 is 2.26 bits per heavy atom. The van der Waals surface area contributed by atoms with Gasteiger partial charge >= 0.3 is 0 Å². The third-order valence-corrected chi connectivity index (χ3v) is 6.97. The van der Waals surface area contributed by atoms with E-state index in [4.69, 9.17) is 4.98 Å². The molecule has 0 unspecified atom stereocenters. The van der Waals surface area contributed by atoms with Gasteiger partial charge < -0.3 is 14.9 Å². The number of nitrogens with zero attached hydrogens (tertiary/aromatic N) is 7. The molecule has 10 heteroatoms. The number of hydrogen-bond donors (Lipinski definition) is 1. The highest BCUT2D eigenvalue weighted by atomic mass is 35.5. The highest BCUT2D eigenvalue weighted by Crippen LogP contribution is 2.29. The minimum atomic E-state index is -0.260. The number of piperidine rings is 1. The first-order valence-electron chi connectivity index (χ1n) is 12.1. The molecule has 8 nitrogen and oxygen atoms in total. The minimum absolute atomic E-state index is 0. The Balaban J connectivity index is 0.00000289. The lowest BCUT2D eigenvalue weighted by atomic mass is 9.98. The van der Waals surface area contributed by atoms with E-state index < -0.39 is 0 Å². The molecule has 188 valence electrons. The lowest BCUT2D eigenvalue weighted by Crippen LogP contribution is -2.47. The lowest BCUT2D eigenvalue weighted by molar-refractivity contribution is 0.202. The van der Waals surface area contributed by atoms with Crippen molar-refractivity contribution in [2.24, 2.45) is 5.92 Å². The van der Waals surface area contributed by atoms with Gasteiger partial charge in [0.2, 0.25) is 0 Å². The number of aryl methyl sites for hydroxylation is 1. The molecule has 2 saturated heterocycles. The summed E-state index contributed by atoms with van der Waals surface area (Å²) in [6, 6.07) is 6.51. The Hall–Kier alpha value is -2.75. The molecule has 0 amide bonds. The zero-order valence-corrected chi connectivity index (χ0v) is 20.9. The van der Waals surface area contributed by atoms with Gasteiger partial charge in [-0.15, -0.1) is 12.4 Å². The van der Waals surface area contributed by atoms with Crippen LogP contribution in [0.4, 0.5) is 16.0 Å². The predicted molar refractivity (Wildman–Crippen MR) is 137 cm³/mol. The first-order valence-corrected chi connectivity index (χ1v) is 12.1. The molecule has 2 aliphatic rings. The van der Waals surface area contributed by atoms with Crippen molar-refractivity contribution in [2.75, 3.05) is 55.7 Å². The molecule has 0 atom stereocenters. The number of aliphatic hydroxyl groups is 1. The minimum Gasteiger partial charge on any atom is -0.396 e. The average Bonchev–Trinajstić information content (AvgIpc) is 3.24. The fraction of sp³-hybridized carbons (Fsp3) is 0.480. The normalized spacial score (nSPS) is 17.5. The van der Waals surface area contributed by atoms with Gasteiger partial charge in [-0.3, -0.25) is 4.90 Å². The molecule has 5 rings (SSSR count). The Bertz CT molecular complexity index is 1110. The molecule has 3 aromatic rings. The number of halogens is 2. The molecule has 35 heavy (non-hydrogen) atoms. The van der Waals surface area contributed by atoms with Crippen molar-refractivity contribution in [1.82, 2.24) is 24.6 Å². The van der Waals surface area contributed by atoms with Gasteiger partial charge in [-0.25, -0.2) is 19.0 Å². The number of hydrogen-bond acceptors (Lipinski definition) is 7. The smallest absolute Gasteiger partial charge is 0.172 e. The largest absolute Gasteiger partial charge is 0.396 e. The average molecular weight is 502 g/mol. The monoisotopic (exact) mass is 501 g/mol. The van der Waals surface area contributed by atoms with Crippen LogP contribution in [0.5, 0.6) is 0 Å². The van der Waals surface area contributed by atoms with Crippen LogP contribution < -0.4 is 9.80 Å². The van der Waals surface area contributed by atoms with Gasteiger partial charge in [-0.1, -0.05) is 6.07 Å². The highest BCUT2D eigenvalue weighted by Gasteiger charge is 2.26. The van der Waals surface area contributed by atoms with Crippen molar-refractivity contribution in [1.29, 1.82) is 0 Å². The third-order valence-electron chi connectivity index (χ3n) is 6.97. The third kappa shape index (κ3) is 5.74. The second-order valence-corrected chi connectivity index (χ2v) is 9.24. The van der Waals surface area contributed by atoms with E-state index in [1.807, 2.05) is 19.2 Å². The molecule has 0 spiro atoms. The van der Waals surface area contributed by atoms with Crippen LogP contribution in [0.25, 0.3) is 5.69 Å². The fourth-order valence-electron chi connectivity index (χ4n) is 4.86. The summed E-state index contributed by atoms with van der Waals surface area (Å²) in [6.07, 6.45) is 7.53.